The number of rotatable bonds is 3. The first-order chi connectivity index (χ1) is 10.6. The maximum absolute atomic E-state index is 12.4. The van der Waals surface area contributed by atoms with E-state index in [2.05, 4.69) is 5.43 Å². The van der Waals surface area contributed by atoms with Crippen molar-refractivity contribution in [1.29, 1.82) is 0 Å². The number of carbonyl (C=O) groups is 2. The zero-order chi connectivity index (χ0) is 15.5. The number of amides is 2. The molecule has 2 amide bonds. The van der Waals surface area contributed by atoms with Gasteiger partial charge in [-0.3, -0.25) is 15.0 Å². The van der Waals surface area contributed by atoms with Gasteiger partial charge < -0.3 is 4.42 Å². The zero-order valence-electron chi connectivity index (χ0n) is 11.9. The van der Waals surface area contributed by atoms with E-state index in [1.54, 1.807) is 61.7 Å². The number of carbonyl (C=O) groups excluding carboxylic acids is 2. The third-order valence-electron chi connectivity index (χ3n) is 3.19. The summed E-state index contributed by atoms with van der Waals surface area (Å²) >= 11 is 0. The summed E-state index contributed by atoms with van der Waals surface area (Å²) in [6, 6.07) is 12.5. The Kier molecular flexibility index (Phi) is 3.62. The smallest absolute Gasteiger partial charge is 0.282 e. The summed E-state index contributed by atoms with van der Waals surface area (Å²) in [5, 5.41) is 1.24. The number of nitrogens with zero attached hydrogens (tertiary/aromatic N) is 1. The molecule has 2 heterocycles. The summed E-state index contributed by atoms with van der Waals surface area (Å²) in [6.07, 6.45) is 4.89. The molecule has 0 unspecified atom stereocenters. The minimum Gasteiger partial charge on any atom is -0.465 e. The maximum Gasteiger partial charge on any atom is 0.282 e. The maximum atomic E-state index is 12.4. The van der Waals surface area contributed by atoms with Gasteiger partial charge in [0.2, 0.25) is 0 Å². The summed E-state index contributed by atoms with van der Waals surface area (Å²) in [4.78, 5) is 24.4. The normalized spacial score (nSPS) is 17.2. The van der Waals surface area contributed by atoms with Crippen molar-refractivity contribution >= 4 is 23.6 Å². The molecule has 110 valence electrons. The Morgan fingerprint density at radius 1 is 1.14 bits per heavy atom. The van der Waals surface area contributed by atoms with E-state index in [0.29, 0.717) is 11.4 Å². The molecule has 0 spiro atoms. The van der Waals surface area contributed by atoms with Crippen molar-refractivity contribution in [2.75, 3.05) is 5.01 Å². The lowest BCUT2D eigenvalue weighted by molar-refractivity contribution is -0.117. The molecule has 0 radical (unpaired) electrons. The molecule has 2 aromatic rings. The van der Waals surface area contributed by atoms with Gasteiger partial charge in [-0.2, -0.15) is 0 Å². The van der Waals surface area contributed by atoms with E-state index in [4.69, 9.17) is 4.42 Å². The lowest BCUT2D eigenvalue weighted by Crippen LogP contribution is -2.35. The average Bonchev–Trinajstić information content (AvgIpc) is 3.11. The third-order valence-corrected chi connectivity index (χ3v) is 3.19. The number of hydrazine groups is 1. The van der Waals surface area contributed by atoms with E-state index in [0.717, 1.165) is 5.57 Å². The van der Waals surface area contributed by atoms with Crippen LogP contribution in [0.5, 0.6) is 0 Å². The van der Waals surface area contributed by atoms with Crippen LogP contribution in [0.3, 0.4) is 0 Å². The summed E-state index contributed by atoms with van der Waals surface area (Å²) in [5.74, 6) is -0.121. The van der Waals surface area contributed by atoms with E-state index in [9.17, 15) is 9.59 Å². The molecular weight excluding hydrogens is 280 g/mol. The Bertz CT molecular complexity index is 758. The molecule has 1 saturated heterocycles. The van der Waals surface area contributed by atoms with Crippen molar-refractivity contribution in [3.05, 3.63) is 71.7 Å². The fourth-order valence-corrected chi connectivity index (χ4v) is 2.18. The minimum absolute atomic E-state index is 0.101. The predicted molar refractivity (Wildman–Crippen MR) is 82.5 cm³/mol. The summed E-state index contributed by atoms with van der Waals surface area (Å²) < 4.78 is 5.21. The van der Waals surface area contributed by atoms with E-state index < -0.39 is 5.91 Å². The molecule has 1 aliphatic rings. The van der Waals surface area contributed by atoms with Crippen LogP contribution in [0.15, 0.2) is 70.4 Å². The van der Waals surface area contributed by atoms with E-state index in [1.165, 1.54) is 5.01 Å². The molecule has 1 fully saturated rings. The Balaban J connectivity index is 1.87. The van der Waals surface area contributed by atoms with Crippen LogP contribution in [0, 0.1) is 0 Å². The number of allylic oxidation sites excluding steroid dienone is 2. The van der Waals surface area contributed by atoms with Crippen molar-refractivity contribution < 1.29 is 14.0 Å². The van der Waals surface area contributed by atoms with Crippen LogP contribution < -0.4 is 10.4 Å². The highest BCUT2D eigenvalue weighted by Gasteiger charge is 2.34. The molecule has 1 aromatic carbocycles. The Morgan fingerprint density at radius 2 is 1.91 bits per heavy atom. The number of anilines is 1. The van der Waals surface area contributed by atoms with Crippen molar-refractivity contribution in [1.82, 2.24) is 5.43 Å². The van der Waals surface area contributed by atoms with Crippen LogP contribution in [-0.2, 0) is 9.59 Å². The van der Waals surface area contributed by atoms with E-state index >= 15 is 0 Å². The fraction of sp³-hybridized carbons (Fsp3) is 0.0588. The highest BCUT2D eigenvalue weighted by atomic mass is 16.3. The fourth-order valence-electron chi connectivity index (χ4n) is 2.18. The van der Waals surface area contributed by atoms with Gasteiger partial charge in [0.1, 0.15) is 11.3 Å². The van der Waals surface area contributed by atoms with Crippen LogP contribution >= 0.6 is 0 Å². The first-order valence-corrected chi connectivity index (χ1v) is 6.79. The number of para-hydroxylation sites is 1. The average molecular weight is 294 g/mol. The van der Waals surface area contributed by atoms with Gasteiger partial charge in [-0.1, -0.05) is 18.2 Å². The topological polar surface area (TPSA) is 62.6 Å². The molecule has 0 bridgehead atoms. The molecule has 0 atom stereocenters. The largest absolute Gasteiger partial charge is 0.465 e. The molecule has 1 aliphatic heterocycles. The third kappa shape index (κ3) is 2.69. The van der Waals surface area contributed by atoms with Crippen molar-refractivity contribution in [2.45, 2.75) is 6.92 Å². The molecule has 0 saturated carbocycles. The highest BCUT2D eigenvalue weighted by Crippen LogP contribution is 2.20. The number of furan rings is 1. The van der Waals surface area contributed by atoms with Crippen molar-refractivity contribution in [2.24, 2.45) is 0 Å². The predicted octanol–water partition coefficient (Wildman–Crippen LogP) is 2.69. The summed E-state index contributed by atoms with van der Waals surface area (Å²) in [5.41, 5.74) is 4.04. The van der Waals surface area contributed by atoms with Crippen LogP contribution in [0.1, 0.15) is 12.7 Å². The second-order valence-electron chi connectivity index (χ2n) is 4.88. The van der Waals surface area contributed by atoms with Gasteiger partial charge in [0.15, 0.2) is 0 Å². The van der Waals surface area contributed by atoms with Crippen molar-refractivity contribution in [3.8, 4) is 0 Å². The highest BCUT2D eigenvalue weighted by molar-refractivity contribution is 6.29. The Labute approximate surface area is 127 Å². The summed E-state index contributed by atoms with van der Waals surface area (Å²) in [7, 11) is 0. The van der Waals surface area contributed by atoms with E-state index in [-0.39, 0.29) is 11.5 Å². The quantitative estimate of drug-likeness (QED) is 0.699. The number of benzene rings is 1. The lowest BCUT2D eigenvalue weighted by atomic mass is 10.1. The van der Waals surface area contributed by atoms with Gasteiger partial charge in [-0.15, -0.1) is 0 Å². The Morgan fingerprint density at radius 3 is 2.59 bits per heavy atom. The second-order valence-corrected chi connectivity index (χ2v) is 4.88. The molecule has 5 nitrogen and oxygen atoms in total. The molecule has 0 aliphatic carbocycles. The second kappa shape index (κ2) is 5.73. The lowest BCUT2D eigenvalue weighted by Gasteiger charge is -2.13. The molecule has 22 heavy (non-hydrogen) atoms. The van der Waals surface area contributed by atoms with Crippen molar-refractivity contribution in [3.63, 3.8) is 0 Å². The Hall–Kier alpha value is -3.08. The van der Waals surface area contributed by atoms with E-state index in [1.807, 2.05) is 6.07 Å². The van der Waals surface area contributed by atoms with Crippen LogP contribution in [0.2, 0.25) is 0 Å². The standard InChI is InChI=1S/C17H14N2O3/c1-12(10-14-8-5-9-22-14)11-15-16(20)18-19(17(15)21)13-6-3-2-4-7-13/h2-11H,1H3,(H,18,20)/b12-10+,15-11+. The molecule has 3 rings (SSSR count). The molecule has 1 aromatic heterocycles. The van der Waals surface area contributed by atoms with Gasteiger partial charge in [-0.25, -0.2) is 5.01 Å². The number of nitrogens with one attached hydrogen (secondary N) is 1. The molecular formula is C17H14N2O3. The van der Waals surface area contributed by atoms with Crippen LogP contribution in [0.25, 0.3) is 6.08 Å². The number of hydrogen-bond donors (Lipinski definition) is 1. The van der Waals surface area contributed by atoms with Gasteiger partial charge in [0.25, 0.3) is 11.8 Å². The van der Waals surface area contributed by atoms with Crippen LogP contribution in [0.4, 0.5) is 5.69 Å². The van der Waals surface area contributed by atoms with Gasteiger partial charge in [0, 0.05) is 0 Å². The molecule has 5 heteroatoms. The first-order valence-electron chi connectivity index (χ1n) is 6.79. The minimum atomic E-state index is -0.416. The number of hydrogen-bond acceptors (Lipinski definition) is 3. The zero-order valence-corrected chi connectivity index (χ0v) is 11.9. The van der Waals surface area contributed by atoms with Gasteiger partial charge >= 0.3 is 0 Å². The summed E-state index contributed by atoms with van der Waals surface area (Å²) in [6.45, 7) is 1.81. The monoisotopic (exact) mass is 294 g/mol. The SMILES string of the molecule is CC(=C\c1ccco1)/C=C1\C(=O)NN(c2ccccc2)C1=O. The molecule has 1 N–H and O–H groups in total. The van der Waals surface area contributed by atoms with Crippen LogP contribution in [-0.4, -0.2) is 11.8 Å². The van der Waals surface area contributed by atoms with Gasteiger partial charge in [-0.05, 0) is 48.9 Å². The van der Waals surface area contributed by atoms with Gasteiger partial charge in [0.05, 0.1) is 12.0 Å². The first kappa shape index (κ1) is 13.9.